The Bertz CT molecular complexity index is 953. The molecule has 1 N–H and O–H groups in total. The summed E-state index contributed by atoms with van der Waals surface area (Å²) in [6.07, 6.45) is 2.07. The van der Waals surface area contributed by atoms with Gasteiger partial charge in [-0.3, -0.25) is 0 Å². The second-order valence-electron chi connectivity index (χ2n) is 7.04. The van der Waals surface area contributed by atoms with Crippen molar-refractivity contribution in [3.63, 3.8) is 0 Å². The Balaban J connectivity index is 1.69. The third-order valence-electron chi connectivity index (χ3n) is 5.00. The highest BCUT2D eigenvalue weighted by Gasteiger charge is 2.28. The van der Waals surface area contributed by atoms with Crippen LogP contribution in [0.4, 0.5) is 10.5 Å². The number of nitrogens with one attached hydrogen (secondary N) is 1. The van der Waals surface area contributed by atoms with E-state index in [1.165, 1.54) is 0 Å². The Morgan fingerprint density at radius 1 is 1.04 bits per heavy atom. The van der Waals surface area contributed by atoms with Gasteiger partial charge in [-0.25, -0.2) is 4.79 Å². The predicted molar refractivity (Wildman–Crippen MR) is 105 cm³/mol. The zero-order valence-electron chi connectivity index (χ0n) is 15.4. The number of amides is 2. The van der Waals surface area contributed by atoms with Gasteiger partial charge in [0, 0.05) is 17.6 Å². The average Bonchev–Trinajstić information content (AvgIpc) is 3.04. The normalized spacial score (nSPS) is 15.8. The largest absolute Gasteiger partial charge is 0.322 e. The fraction of sp³-hybridized carbons (Fsp3) is 0.227. The number of nitrogens with zero attached hydrogens (tertiary/aromatic N) is 2. The molecule has 2 aromatic carbocycles. The van der Waals surface area contributed by atoms with Crippen molar-refractivity contribution in [2.45, 2.75) is 33.4 Å². The highest BCUT2D eigenvalue weighted by atomic mass is 16.2. The molecule has 0 fully saturated rings. The topological polar surface area (TPSA) is 37.3 Å². The number of fused-ring (bicyclic) bond motifs is 3. The van der Waals surface area contributed by atoms with Gasteiger partial charge < -0.3 is 14.8 Å². The number of hydrogen-bond donors (Lipinski definition) is 1. The van der Waals surface area contributed by atoms with Crippen LogP contribution in [0, 0.1) is 13.8 Å². The molecule has 3 aromatic rings. The number of carbonyl (C=O) groups is 1. The molecule has 2 heterocycles. The summed E-state index contributed by atoms with van der Waals surface area (Å²) >= 11 is 0. The lowest BCUT2D eigenvalue weighted by Gasteiger charge is -2.28. The molecule has 1 aliphatic heterocycles. The van der Waals surface area contributed by atoms with Crippen LogP contribution in [0.3, 0.4) is 0 Å². The molecule has 0 unspecified atom stereocenters. The molecule has 4 heteroatoms. The van der Waals surface area contributed by atoms with Crippen LogP contribution in [0.1, 0.15) is 35.3 Å². The smallest absolute Gasteiger partial charge is 0.318 e. The van der Waals surface area contributed by atoms with Crippen LogP contribution in [0.2, 0.25) is 0 Å². The van der Waals surface area contributed by atoms with E-state index >= 15 is 0 Å². The van der Waals surface area contributed by atoms with Gasteiger partial charge in [0.05, 0.1) is 18.3 Å². The lowest BCUT2D eigenvalue weighted by molar-refractivity contribution is 0.189. The van der Waals surface area contributed by atoms with Crippen molar-refractivity contribution in [3.05, 3.63) is 83.2 Å². The van der Waals surface area contributed by atoms with Crippen molar-refractivity contribution < 1.29 is 4.79 Å². The first-order valence-electron chi connectivity index (χ1n) is 8.94. The van der Waals surface area contributed by atoms with E-state index in [2.05, 4.69) is 47.3 Å². The molecule has 26 heavy (non-hydrogen) atoms. The van der Waals surface area contributed by atoms with Crippen molar-refractivity contribution in [2.24, 2.45) is 0 Å². The van der Waals surface area contributed by atoms with Gasteiger partial charge in [0.15, 0.2) is 0 Å². The fourth-order valence-electron chi connectivity index (χ4n) is 3.80. The Kier molecular flexibility index (Phi) is 4.03. The summed E-state index contributed by atoms with van der Waals surface area (Å²) in [6.45, 7) is 6.75. The van der Waals surface area contributed by atoms with Gasteiger partial charge in [0.1, 0.15) is 0 Å². The third kappa shape index (κ3) is 2.88. The molecular weight excluding hydrogens is 322 g/mol. The van der Waals surface area contributed by atoms with Gasteiger partial charge in [0.2, 0.25) is 0 Å². The van der Waals surface area contributed by atoms with Crippen LogP contribution in [0.15, 0.2) is 60.8 Å². The maximum atomic E-state index is 13.1. The van der Waals surface area contributed by atoms with E-state index in [4.69, 9.17) is 0 Å². The molecule has 4 rings (SSSR count). The molecule has 1 aromatic heterocycles. The Morgan fingerprint density at radius 2 is 1.77 bits per heavy atom. The van der Waals surface area contributed by atoms with Crippen molar-refractivity contribution in [2.75, 3.05) is 5.32 Å². The van der Waals surface area contributed by atoms with Gasteiger partial charge >= 0.3 is 6.03 Å². The number of rotatable bonds is 1. The summed E-state index contributed by atoms with van der Waals surface area (Å²) < 4.78 is 2.18. The fourth-order valence-corrected chi connectivity index (χ4v) is 3.80. The second kappa shape index (κ2) is 6.37. The first-order valence-corrected chi connectivity index (χ1v) is 8.94. The number of benzene rings is 2. The first-order chi connectivity index (χ1) is 12.5. The number of hydrogen-bond acceptors (Lipinski definition) is 1. The third-order valence-corrected chi connectivity index (χ3v) is 5.00. The SMILES string of the molecule is Cc1cc(C)cc(NC(=O)N2Cc3ccccc3-n3cccc3[C@@H]2C)c1. The summed E-state index contributed by atoms with van der Waals surface area (Å²) in [5.74, 6) is 0. The minimum absolute atomic E-state index is 0.0247. The standard InChI is InChI=1S/C22H23N3O/c1-15-11-16(2)13-19(12-15)23-22(26)25-14-18-7-4-5-8-21(18)24-10-6-9-20(24)17(25)3/h4-13,17H,14H2,1-3H3,(H,23,26)/t17-/m0/s1. The Hall–Kier alpha value is -3.01. The van der Waals surface area contributed by atoms with Gasteiger partial charge in [0.25, 0.3) is 0 Å². The molecule has 4 nitrogen and oxygen atoms in total. The van der Waals surface area contributed by atoms with Crippen LogP contribution in [-0.4, -0.2) is 15.5 Å². The lowest BCUT2D eigenvalue weighted by atomic mass is 10.1. The number of aryl methyl sites for hydroxylation is 2. The van der Waals surface area contributed by atoms with E-state index in [9.17, 15) is 4.79 Å². The van der Waals surface area contributed by atoms with E-state index in [1.54, 1.807) is 0 Å². The molecule has 0 spiro atoms. The van der Waals surface area contributed by atoms with Crippen molar-refractivity contribution in [1.82, 2.24) is 9.47 Å². The monoisotopic (exact) mass is 345 g/mol. The van der Waals surface area contributed by atoms with Gasteiger partial charge in [-0.2, -0.15) is 0 Å². The van der Waals surface area contributed by atoms with Crippen molar-refractivity contribution >= 4 is 11.7 Å². The molecule has 0 aliphatic carbocycles. The summed E-state index contributed by atoms with van der Waals surface area (Å²) in [5.41, 5.74) is 6.52. The molecule has 0 saturated heterocycles. The van der Waals surface area contributed by atoms with Gasteiger partial charge in [-0.1, -0.05) is 24.3 Å². The molecule has 0 saturated carbocycles. The number of aromatic nitrogens is 1. The zero-order valence-corrected chi connectivity index (χ0v) is 15.4. The van der Waals surface area contributed by atoms with Crippen molar-refractivity contribution in [3.8, 4) is 5.69 Å². The van der Waals surface area contributed by atoms with E-state index in [0.29, 0.717) is 6.54 Å². The molecule has 1 aliphatic rings. The molecular formula is C22H23N3O. The van der Waals surface area contributed by atoms with Crippen LogP contribution in [-0.2, 0) is 6.54 Å². The Labute approximate surface area is 154 Å². The zero-order chi connectivity index (χ0) is 18.3. The summed E-state index contributed by atoms with van der Waals surface area (Å²) in [6, 6.07) is 18.4. The molecule has 0 radical (unpaired) electrons. The molecule has 1 atom stereocenters. The highest BCUT2D eigenvalue weighted by Crippen LogP contribution is 2.32. The minimum atomic E-state index is -0.0769. The van der Waals surface area contributed by atoms with Gasteiger partial charge in [-0.15, -0.1) is 0 Å². The van der Waals surface area contributed by atoms with Crippen LogP contribution in [0.5, 0.6) is 0 Å². The first kappa shape index (κ1) is 16.5. The van der Waals surface area contributed by atoms with Crippen molar-refractivity contribution in [1.29, 1.82) is 0 Å². The van der Waals surface area contributed by atoms with E-state index in [0.717, 1.165) is 33.8 Å². The quantitative estimate of drug-likeness (QED) is 0.646. The number of urea groups is 1. The molecule has 132 valence electrons. The number of para-hydroxylation sites is 1. The molecule has 0 bridgehead atoms. The van der Waals surface area contributed by atoms with Crippen LogP contribution < -0.4 is 5.32 Å². The maximum Gasteiger partial charge on any atom is 0.322 e. The van der Waals surface area contributed by atoms with E-state index < -0.39 is 0 Å². The van der Waals surface area contributed by atoms with Gasteiger partial charge in [-0.05, 0) is 67.8 Å². The summed E-state index contributed by atoms with van der Waals surface area (Å²) in [7, 11) is 0. The van der Waals surface area contributed by atoms with Crippen LogP contribution in [0.25, 0.3) is 5.69 Å². The summed E-state index contributed by atoms with van der Waals surface area (Å²) in [4.78, 5) is 15.0. The minimum Gasteiger partial charge on any atom is -0.318 e. The van der Waals surface area contributed by atoms with E-state index in [-0.39, 0.29) is 12.1 Å². The van der Waals surface area contributed by atoms with Crippen LogP contribution >= 0.6 is 0 Å². The molecule has 2 amide bonds. The lowest BCUT2D eigenvalue weighted by Crippen LogP contribution is -2.36. The number of carbonyl (C=O) groups excluding carboxylic acids is 1. The predicted octanol–water partition coefficient (Wildman–Crippen LogP) is 5.20. The second-order valence-corrected chi connectivity index (χ2v) is 7.04. The number of anilines is 1. The Morgan fingerprint density at radius 3 is 2.54 bits per heavy atom. The highest BCUT2D eigenvalue weighted by molar-refractivity contribution is 5.90. The summed E-state index contributed by atoms with van der Waals surface area (Å²) in [5, 5.41) is 3.08. The van der Waals surface area contributed by atoms with E-state index in [1.807, 2.05) is 49.1 Å². The average molecular weight is 345 g/mol. The maximum absolute atomic E-state index is 13.1.